The van der Waals surface area contributed by atoms with Crippen LogP contribution < -0.4 is 10.1 Å². The maximum Gasteiger partial charge on any atom is 0.411 e. The van der Waals surface area contributed by atoms with Crippen LogP contribution in [0.1, 0.15) is 44.7 Å². The normalized spacial score (nSPS) is 13.4. The molecule has 184 valence electrons. The van der Waals surface area contributed by atoms with Gasteiger partial charge in [0.05, 0.1) is 29.4 Å². The zero-order chi connectivity index (χ0) is 25.1. The standard InChI is InChI=1S/C27H28N6O3/c1-18(2)36-27(34)31-20-8-6-19(7-9-20)26-24(15-28)23-14-22(35-13-12-32-17-29-16-30-32)10-11-25(23)33(26)21-4-3-5-21/h6-11,14,16-18,21H,3-5,12-13H2,1-2H3,(H,31,34). The maximum absolute atomic E-state index is 12.0. The molecule has 36 heavy (non-hydrogen) atoms. The predicted molar refractivity (Wildman–Crippen MR) is 136 cm³/mol. The zero-order valence-corrected chi connectivity index (χ0v) is 20.3. The number of carbonyl (C=O) groups is 1. The molecule has 1 N–H and O–H groups in total. The average Bonchev–Trinajstić information content (AvgIpc) is 3.44. The molecule has 2 aromatic heterocycles. The Hall–Kier alpha value is -4.32. The lowest BCUT2D eigenvalue weighted by Gasteiger charge is -2.30. The van der Waals surface area contributed by atoms with Crippen LogP contribution in [0.15, 0.2) is 55.1 Å². The zero-order valence-electron chi connectivity index (χ0n) is 20.3. The van der Waals surface area contributed by atoms with Crippen molar-refractivity contribution in [2.45, 2.75) is 51.8 Å². The number of amides is 1. The summed E-state index contributed by atoms with van der Waals surface area (Å²) in [6, 6.07) is 16.3. The number of rotatable bonds is 8. The van der Waals surface area contributed by atoms with Gasteiger partial charge in [0, 0.05) is 17.1 Å². The van der Waals surface area contributed by atoms with Crippen molar-refractivity contribution in [2.75, 3.05) is 11.9 Å². The van der Waals surface area contributed by atoms with Gasteiger partial charge in [0.2, 0.25) is 0 Å². The highest BCUT2D eigenvalue weighted by molar-refractivity contribution is 5.96. The van der Waals surface area contributed by atoms with Gasteiger partial charge in [-0.3, -0.25) is 5.32 Å². The van der Waals surface area contributed by atoms with Crippen LogP contribution in [0.2, 0.25) is 0 Å². The number of aromatic nitrogens is 4. The topological polar surface area (TPSA) is 107 Å². The summed E-state index contributed by atoms with van der Waals surface area (Å²) in [5.41, 5.74) is 4.10. The van der Waals surface area contributed by atoms with Gasteiger partial charge in [-0.1, -0.05) is 12.1 Å². The fourth-order valence-electron chi connectivity index (χ4n) is 4.48. The van der Waals surface area contributed by atoms with Crippen molar-refractivity contribution >= 4 is 22.7 Å². The number of hydrogen-bond donors (Lipinski definition) is 1. The first-order valence-electron chi connectivity index (χ1n) is 12.1. The van der Waals surface area contributed by atoms with E-state index in [2.05, 4.69) is 26.0 Å². The molecule has 1 aliphatic rings. The van der Waals surface area contributed by atoms with Crippen LogP contribution in [0.5, 0.6) is 5.75 Å². The van der Waals surface area contributed by atoms with E-state index >= 15 is 0 Å². The molecule has 9 nitrogen and oxygen atoms in total. The molecule has 0 unspecified atom stereocenters. The highest BCUT2D eigenvalue weighted by atomic mass is 16.6. The SMILES string of the molecule is CC(C)OC(=O)Nc1ccc(-c2c(C#N)c3cc(OCCn4cncn4)ccc3n2C2CCC2)cc1. The average molecular weight is 485 g/mol. The van der Waals surface area contributed by atoms with Crippen LogP contribution in [-0.2, 0) is 11.3 Å². The number of nitrogens with one attached hydrogen (secondary N) is 1. The molecule has 0 spiro atoms. The number of fused-ring (bicyclic) bond motifs is 1. The van der Waals surface area contributed by atoms with Crippen molar-refractivity contribution < 1.29 is 14.3 Å². The van der Waals surface area contributed by atoms with Gasteiger partial charge in [0.15, 0.2) is 0 Å². The second kappa shape index (κ2) is 10.1. The molecule has 0 radical (unpaired) electrons. The van der Waals surface area contributed by atoms with Crippen molar-refractivity contribution in [1.29, 1.82) is 5.26 Å². The number of hydrogen-bond acceptors (Lipinski definition) is 6. The quantitative estimate of drug-likeness (QED) is 0.352. The van der Waals surface area contributed by atoms with Crippen LogP contribution in [0.4, 0.5) is 10.5 Å². The molecule has 1 saturated carbocycles. The lowest BCUT2D eigenvalue weighted by Crippen LogP contribution is -2.18. The monoisotopic (exact) mass is 484 g/mol. The van der Waals surface area contributed by atoms with E-state index in [4.69, 9.17) is 9.47 Å². The van der Waals surface area contributed by atoms with Gasteiger partial charge in [-0.05, 0) is 69.0 Å². The van der Waals surface area contributed by atoms with Crippen molar-refractivity contribution in [3.8, 4) is 23.1 Å². The number of anilines is 1. The minimum atomic E-state index is -0.490. The molecule has 4 aromatic rings. The first kappa shape index (κ1) is 23.4. The fraction of sp³-hybridized carbons (Fsp3) is 0.333. The molecular formula is C27H28N6O3. The minimum Gasteiger partial charge on any atom is -0.492 e. The third-order valence-electron chi connectivity index (χ3n) is 6.33. The largest absolute Gasteiger partial charge is 0.492 e. The Morgan fingerprint density at radius 1 is 1.22 bits per heavy atom. The summed E-state index contributed by atoms with van der Waals surface area (Å²) in [6.07, 6.45) is 5.80. The molecule has 2 aromatic carbocycles. The van der Waals surface area contributed by atoms with Crippen molar-refractivity contribution in [1.82, 2.24) is 19.3 Å². The third-order valence-corrected chi connectivity index (χ3v) is 6.33. The summed E-state index contributed by atoms with van der Waals surface area (Å²) in [4.78, 5) is 15.9. The molecule has 1 amide bonds. The molecule has 0 aliphatic heterocycles. The molecule has 1 aliphatic carbocycles. The number of benzene rings is 2. The maximum atomic E-state index is 12.0. The van der Waals surface area contributed by atoms with Crippen molar-refractivity contribution in [3.63, 3.8) is 0 Å². The second-order valence-corrected chi connectivity index (χ2v) is 9.13. The molecule has 0 bridgehead atoms. The first-order valence-corrected chi connectivity index (χ1v) is 12.1. The Kier molecular flexibility index (Phi) is 6.58. The molecule has 5 rings (SSSR count). The van der Waals surface area contributed by atoms with E-state index in [1.54, 1.807) is 24.9 Å². The number of carbonyl (C=O) groups excluding carboxylic acids is 1. The molecule has 0 atom stereocenters. The molecule has 2 heterocycles. The predicted octanol–water partition coefficient (Wildman–Crippen LogP) is 5.53. The third kappa shape index (κ3) is 4.75. The Bertz CT molecular complexity index is 1400. The van der Waals surface area contributed by atoms with E-state index in [0.29, 0.717) is 36.2 Å². The van der Waals surface area contributed by atoms with Gasteiger partial charge in [0.25, 0.3) is 0 Å². The van der Waals surface area contributed by atoms with E-state index in [-0.39, 0.29) is 6.10 Å². The summed E-state index contributed by atoms with van der Waals surface area (Å²) in [5, 5.41) is 17.9. The minimum absolute atomic E-state index is 0.197. The van der Waals surface area contributed by atoms with Crippen LogP contribution in [-0.4, -0.2) is 38.1 Å². The molecule has 9 heteroatoms. The van der Waals surface area contributed by atoms with Crippen LogP contribution in [0, 0.1) is 11.3 Å². The summed E-state index contributed by atoms with van der Waals surface area (Å²) >= 11 is 0. The molecule has 0 saturated heterocycles. The number of ether oxygens (including phenoxy) is 2. The van der Waals surface area contributed by atoms with Gasteiger partial charge < -0.3 is 14.0 Å². The number of nitrogens with zero attached hydrogens (tertiary/aromatic N) is 5. The Balaban J connectivity index is 1.47. The van der Waals surface area contributed by atoms with E-state index < -0.39 is 6.09 Å². The second-order valence-electron chi connectivity index (χ2n) is 9.13. The van der Waals surface area contributed by atoms with Gasteiger partial charge in [-0.25, -0.2) is 14.5 Å². The van der Waals surface area contributed by atoms with E-state index in [0.717, 1.165) is 35.0 Å². The molecular weight excluding hydrogens is 456 g/mol. The summed E-state index contributed by atoms with van der Waals surface area (Å²) in [7, 11) is 0. The Labute approximate surface area is 209 Å². The van der Waals surface area contributed by atoms with Crippen LogP contribution in [0.25, 0.3) is 22.2 Å². The summed E-state index contributed by atoms with van der Waals surface area (Å²) in [5.74, 6) is 0.708. The lowest BCUT2D eigenvalue weighted by atomic mass is 9.92. The smallest absolute Gasteiger partial charge is 0.411 e. The Morgan fingerprint density at radius 2 is 2.03 bits per heavy atom. The van der Waals surface area contributed by atoms with Gasteiger partial charge in [-0.2, -0.15) is 10.4 Å². The molecule has 1 fully saturated rings. The lowest BCUT2D eigenvalue weighted by molar-refractivity contribution is 0.130. The van der Waals surface area contributed by atoms with Crippen molar-refractivity contribution in [3.05, 3.63) is 60.7 Å². The van der Waals surface area contributed by atoms with Crippen molar-refractivity contribution in [2.24, 2.45) is 0 Å². The van der Waals surface area contributed by atoms with Gasteiger partial charge >= 0.3 is 6.09 Å². The Morgan fingerprint density at radius 3 is 2.67 bits per heavy atom. The summed E-state index contributed by atoms with van der Waals surface area (Å²) in [6.45, 7) is 4.64. The number of nitriles is 1. The highest BCUT2D eigenvalue weighted by Gasteiger charge is 2.28. The first-order chi connectivity index (χ1) is 17.5. The highest BCUT2D eigenvalue weighted by Crippen LogP contribution is 2.43. The van der Waals surface area contributed by atoms with E-state index in [1.807, 2.05) is 42.5 Å². The van der Waals surface area contributed by atoms with E-state index in [1.165, 1.54) is 12.7 Å². The van der Waals surface area contributed by atoms with Crippen LogP contribution in [0.3, 0.4) is 0 Å². The van der Waals surface area contributed by atoms with Gasteiger partial charge in [0.1, 0.15) is 31.1 Å². The van der Waals surface area contributed by atoms with Gasteiger partial charge in [-0.15, -0.1) is 0 Å². The summed E-state index contributed by atoms with van der Waals surface area (Å²) < 4.78 is 15.1. The van der Waals surface area contributed by atoms with Crippen LogP contribution >= 0.6 is 0 Å². The van der Waals surface area contributed by atoms with E-state index in [9.17, 15) is 10.1 Å². The fourth-order valence-corrected chi connectivity index (χ4v) is 4.48.